The predicted molar refractivity (Wildman–Crippen MR) is 122 cm³/mol. The molecule has 0 aromatic heterocycles. The Morgan fingerprint density at radius 2 is 1.44 bits per heavy atom. The first-order chi connectivity index (χ1) is 14.9. The Morgan fingerprint density at radius 3 is 2.00 bits per heavy atom. The Hall–Kier alpha value is -1.05. The molecule has 0 aliphatic heterocycles. The van der Waals surface area contributed by atoms with E-state index in [1.165, 1.54) is 81.7 Å². The SMILES string of the molecule is CCCCCCCCCCCCCc1cc(S(=O)(=O)O)ccc1Oc1cccc([O-])c1.[Na+]. The molecule has 0 saturated heterocycles. The third-order valence-corrected chi connectivity index (χ3v) is 6.26. The largest absolute Gasteiger partial charge is 1.00 e. The van der Waals surface area contributed by atoms with Crippen molar-refractivity contribution in [3.05, 3.63) is 48.0 Å². The summed E-state index contributed by atoms with van der Waals surface area (Å²) < 4.78 is 38.3. The smallest absolute Gasteiger partial charge is 0.872 e. The zero-order valence-corrected chi connectivity index (χ0v) is 22.3. The Labute approximate surface area is 215 Å². The molecule has 32 heavy (non-hydrogen) atoms. The minimum absolute atomic E-state index is 0. The molecule has 2 aromatic rings. The van der Waals surface area contributed by atoms with Crippen molar-refractivity contribution in [2.75, 3.05) is 0 Å². The van der Waals surface area contributed by atoms with Crippen LogP contribution in [0, 0.1) is 0 Å². The third-order valence-electron chi connectivity index (χ3n) is 5.41. The van der Waals surface area contributed by atoms with Gasteiger partial charge >= 0.3 is 29.6 Å². The standard InChI is InChI=1S/C25H36O5S.Na/c1-2-3-4-5-6-7-8-9-10-11-12-14-21-19-24(31(27,28)29)17-18-25(21)30-23-16-13-15-22(26)20-23;/h13,15-20,26H,2-12,14H2,1H3,(H,27,28,29);/q;+1/p-1. The van der Waals surface area contributed by atoms with Crippen LogP contribution in [-0.2, 0) is 16.5 Å². The zero-order valence-electron chi connectivity index (χ0n) is 19.5. The minimum Gasteiger partial charge on any atom is -0.872 e. The molecule has 2 rings (SSSR count). The topological polar surface area (TPSA) is 86.7 Å². The van der Waals surface area contributed by atoms with E-state index in [1.54, 1.807) is 12.1 Å². The maximum Gasteiger partial charge on any atom is 1.00 e. The molecule has 0 unspecified atom stereocenters. The molecule has 0 radical (unpaired) electrons. The number of benzene rings is 2. The van der Waals surface area contributed by atoms with E-state index in [-0.39, 0.29) is 40.2 Å². The van der Waals surface area contributed by atoms with Crippen LogP contribution >= 0.6 is 0 Å². The number of rotatable bonds is 15. The number of aryl methyl sites for hydroxylation is 1. The van der Waals surface area contributed by atoms with E-state index in [0.717, 1.165) is 19.3 Å². The number of hydrogen-bond donors (Lipinski definition) is 1. The van der Waals surface area contributed by atoms with Crippen LogP contribution in [-0.4, -0.2) is 13.0 Å². The van der Waals surface area contributed by atoms with Crippen molar-refractivity contribution in [3.63, 3.8) is 0 Å². The molecule has 0 saturated carbocycles. The Morgan fingerprint density at radius 1 is 0.844 bits per heavy atom. The van der Waals surface area contributed by atoms with Gasteiger partial charge in [-0.05, 0) is 48.7 Å². The molecule has 0 aliphatic rings. The maximum absolute atomic E-state index is 11.5. The number of ether oxygens (including phenoxy) is 1. The van der Waals surface area contributed by atoms with Gasteiger partial charge in [-0.15, -0.1) is 5.75 Å². The molecule has 0 aliphatic carbocycles. The van der Waals surface area contributed by atoms with Crippen LogP contribution in [0.2, 0.25) is 0 Å². The molecule has 172 valence electrons. The molecule has 0 atom stereocenters. The molecular weight excluding hydrogens is 435 g/mol. The molecule has 0 amide bonds. The fourth-order valence-corrected chi connectivity index (χ4v) is 4.19. The fraction of sp³-hybridized carbons (Fsp3) is 0.520. The molecular formula is C25H35NaO5S. The normalized spacial score (nSPS) is 11.2. The van der Waals surface area contributed by atoms with Crippen LogP contribution in [0.25, 0.3) is 0 Å². The van der Waals surface area contributed by atoms with E-state index in [2.05, 4.69) is 6.92 Å². The Kier molecular flexibility index (Phi) is 14.2. The zero-order chi connectivity index (χ0) is 22.5. The molecule has 2 aromatic carbocycles. The van der Waals surface area contributed by atoms with Gasteiger partial charge < -0.3 is 9.84 Å². The first kappa shape index (κ1) is 29.0. The fourth-order valence-electron chi connectivity index (χ4n) is 3.66. The monoisotopic (exact) mass is 470 g/mol. The van der Waals surface area contributed by atoms with E-state index in [9.17, 15) is 18.1 Å². The van der Waals surface area contributed by atoms with Crippen LogP contribution < -0.4 is 39.4 Å². The molecule has 0 heterocycles. The Bertz CT molecular complexity index is 899. The van der Waals surface area contributed by atoms with Crippen molar-refractivity contribution in [3.8, 4) is 17.2 Å². The van der Waals surface area contributed by atoms with Gasteiger partial charge in [0, 0.05) is 0 Å². The second-order valence-electron chi connectivity index (χ2n) is 8.11. The van der Waals surface area contributed by atoms with Gasteiger partial charge in [0.1, 0.15) is 11.5 Å². The first-order valence-electron chi connectivity index (χ1n) is 11.5. The van der Waals surface area contributed by atoms with Crippen molar-refractivity contribution in [2.24, 2.45) is 0 Å². The summed E-state index contributed by atoms with van der Waals surface area (Å²) in [6.07, 6.45) is 14.2. The molecule has 0 fully saturated rings. The molecule has 1 N–H and O–H groups in total. The average molecular weight is 471 g/mol. The summed E-state index contributed by atoms with van der Waals surface area (Å²) in [5, 5.41) is 11.5. The summed E-state index contributed by atoms with van der Waals surface area (Å²) in [5.41, 5.74) is 0.711. The number of unbranched alkanes of at least 4 members (excludes halogenated alkanes) is 10. The third kappa shape index (κ3) is 11.2. The first-order valence-corrected chi connectivity index (χ1v) is 12.9. The summed E-state index contributed by atoms with van der Waals surface area (Å²) in [7, 11) is -4.28. The van der Waals surface area contributed by atoms with Gasteiger partial charge in [-0.3, -0.25) is 4.55 Å². The molecule has 5 nitrogen and oxygen atoms in total. The molecule has 0 spiro atoms. The van der Waals surface area contributed by atoms with E-state index in [4.69, 9.17) is 4.74 Å². The van der Waals surface area contributed by atoms with Crippen molar-refractivity contribution in [1.29, 1.82) is 0 Å². The van der Waals surface area contributed by atoms with Crippen LogP contribution in [0.5, 0.6) is 17.2 Å². The predicted octanol–water partition coefficient (Wildman–Crippen LogP) is 3.66. The van der Waals surface area contributed by atoms with Gasteiger partial charge in [-0.1, -0.05) is 83.3 Å². The van der Waals surface area contributed by atoms with Crippen LogP contribution in [0.3, 0.4) is 0 Å². The van der Waals surface area contributed by atoms with Gasteiger partial charge in [0.25, 0.3) is 10.1 Å². The van der Waals surface area contributed by atoms with E-state index >= 15 is 0 Å². The van der Waals surface area contributed by atoms with E-state index in [0.29, 0.717) is 23.5 Å². The van der Waals surface area contributed by atoms with Gasteiger partial charge in [0.15, 0.2) is 0 Å². The quantitative estimate of drug-likeness (QED) is 0.244. The van der Waals surface area contributed by atoms with Gasteiger partial charge in [0.2, 0.25) is 0 Å². The van der Waals surface area contributed by atoms with E-state index in [1.807, 2.05) is 0 Å². The van der Waals surface area contributed by atoms with Crippen molar-refractivity contribution >= 4 is 10.1 Å². The maximum atomic E-state index is 11.5. The summed E-state index contributed by atoms with van der Waals surface area (Å²) in [6, 6.07) is 10.5. The van der Waals surface area contributed by atoms with Crippen molar-refractivity contribution in [2.45, 2.75) is 88.9 Å². The van der Waals surface area contributed by atoms with Crippen LogP contribution in [0.4, 0.5) is 0 Å². The second kappa shape index (κ2) is 15.7. The van der Waals surface area contributed by atoms with Gasteiger partial charge in [-0.25, -0.2) is 0 Å². The van der Waals surface area contributed by atoms with Crippen LogP contribution in [0.15, 0.2) is 47.4 Å². The van der Waals surface area contributed by atoms with E-state index < -0.39 is 10.1 Å². The van der Waals surface area contributed by atoms with Crippen LogP contribution in [0.1, 0.15) is 83.1 Å². The Balaban J connectivity index is 0.00000512. The van der Waals surface area contributed by atoms with Crippen molar-refractivity contribution in [1.82, 2.24) is 0 Å². The van der Waals surface area contributed by atoms with Gasteiger partial charge in [-0.2, -0.15) is 8.42 Å². The minimum atomic E-state index is -4.28. The second-order valence-corrected chi connectivity index (χ2v) is 9.53. The summed E-state index contributed by atoms with van der Waals surface area (Å²) in [5.74, 6) is 0.761. The molecule has 0 bridgehead atoms. The summed E-state index contributed by atoms with van der Waals surface area (Å²) in [4.78, 5) is -0.143. The molecule has 7 heteroatoms. The summed E-state index contributed by atoms with van der Waals surface area (Å²) >= 11 is 0. The summed E-state index contributed by atoms with van der Waals surface area (Å²) in [6.45, 7) is 2.23. The van der Waals surface area contributed by atoms with Crippen molar-refractivity contribution < 1.29 is 52.4 Å². The van der Waals surface area contributed by atoms with Gasteiger partial charge in [0.05, 0.1) is 4.90 Å². The average Bonchev–Trinajstić information content (AvgIpc) is 2.72. The number of hydrogen-bond acceptors (Lipinski definition) is 4.